The van der Waals surface area contributed by atoms with Gasteiger partial charge in [0.1, 0.15) is 0 Å². The van der Waals surface area contributed by atoms with E-state index in [1.165, 1.54) is 11.3 Å². The van der Waals surface area contributed by atoms with Crippen LogP contribution in [0.1, 0.15) is 17.8 Å². The number of benzene rings is 1. The van der Waals surface area contributed by atoms with Gasteiger partial charge in [-0.15, -0.1) is 11.3 Å². The molecule has 18 heavy (non-hydrogen) atoms. The van der Waals surface area contributed by atoms with Crippen molar-refractivity contribution in [3.05, 3.63) is 46.9 Å². The number of aromatic nitrogens is 1. The fraction of sp³-hybridized carbons (Fsp3) is 0.250. The molecule has 2 aromatic rings. The van der Waals surface area contributed by atoms with E-state index in [1.807, 2.05) is 12.3 Å². The molecule has 96 valence electrons. The van der Waals surface area contributed by atoms with Crippen LogP contribution in [0.4, 0.5) is 0 Å². The predicted molar refractivity (Wildman–Crippen MR) is 72.2 cm³/mol. The van der Waals surface area contributed by atoms with Crippen LogP contribution in [-0.4, -0.2) is 19.9 Å². The molecule has 0 saturated carbocycles. The molecule has 2 rings (SSSR count). The van der Waals surface area contributed by atoms with Gasteiger partial charge in [-0.05, 0) is 12.1 Å². The molecule has 0 bridgehead atoms. The Morgan fingerprint density at radius 1 is 1.33 bits per heavy atom. The quantitative estimate of drug-likeness (QED) is 0.915. The van der Waals surface area contributed by atoms with Crippen LogP contribution in [0.3, 0.4) is 0 Å². The molecule has 6 heteroatoms. The summed E-state index contributed by atoms with van der Waals surface area (Å²) in [7, 11) is -3.42. The number of hydrogen-bond donors (Lipinski definition) is 1. The Labute approximate surface area is 111 Å². The van der Waals surface area contributed by atoms with Gasteiger partial charge in [0.05, 0.1) is 9.90 Å². The molecule has 0 aliphatic rings. The fourth-order valence-corrected chi connectivity index (χ4v) is 3.33. The number of rotatable bonds is 5. The number of thiazole rings is 1. The van der Waals surface area contributed by atoms with Gasteiger partial charge >= 0.3 is 0 Å². The van der Waals surface area contributed by atoms with E-state index in [4.69, 9.17) is 0 Å². The van der Waals surface area contributed by atoms with Gasteiger partial charge in [0.15, 0.2) is 0 Å². The lowest BCUT2D eigenvalue weighted by molar-refractivity contribution is 0.574. The highest BCUT2D eigenvalue weighted by atomic mass is 32.2. The van der Waals surface area contributed by atoms with E-state index in [9.17, 15) is 8.42 Å². The average molecular weight is 282 g/mol. The van der Waals surface area contributed by atoms with Crippen LogP contribution in [-0.2, 0) is 10.0 Å². The summed E-state index contributed by atoms with van der Waals surface area (Å²) in [5, 5.41) is 2.82. The van der Waals surface area contributed by atoms with Crippen molar-refractivity contribution >= 4 is 21.4 Å². The zero-order chi connectivity index (χ0) is 13.0. The average Bonchev–Trinajstić information content (AvgIpc) is 2.91. The minimum atomic E-state index is -3.42. The zero-order valence-electron chi connectivity index (χ0n) is 9.91. The molecule has 1 atom stereocenters. The van der Waals surface area contributed by atoms with Crippen molar-refractivity contribution in [2.45, 2.75) is 17.7 Å². The third-order valence-electron chi connectivity index (χ3n) is 2.51. The number of nitrogens with zero attached hydrogens (tertiary/aromatic N) is 1. The largest absolute Gasteiger partial charge is 0.249 e. The van der Waals surface area contributed by atoms with Gasteiger partial charge in [-0.1, -0.05) is 25.1 Å². The Hall–Kier alpha value is -1.24. The summed E-state index contributed by atoms with van der Waals surface area (Å²) in [6.07, 6.45) is 1.72. The molecule has 1 unspecified atom stereocenters. The molecule has 0 spiro atoms. The molecule has 0 aliphatic heterocycles. The van der Waals surface area contributed by atoms with Crippen LogP contribution >= 0.6 is 11.3 Å². The molecule has 0 aliphatic carbocycles. The summed E-state index contributed by atoms with van der Waals surface area (Å²) in [6, 6.07) is 8.36. The molecule has 0 amide bonds. The van der Waals surface area contributed by atoms with Crippen LogP contribution in [0, 0.1) is 0 Å². The Bertz CT molecular complexity index is 580. The first-order chi connectivity index (χ1) is 8.59. The van der Waals surface area contributed by atoms with Crippen molar-refractivity contribution in [2.24, 2.45) is 0 Å². The first kappa shape index (κ1) is 13.2. The van der Waals surface area contributed by atoms with Crippen molar-refractivity contribution in [1.82, 2.24) is 9.71 Å². The monoisotopic (exact) mass is 282 g/mol. The zero-order valence-corrected chi connectivity index (χ0v) is 11.5. The molecule has 0 fully saturated rings. The summed E-state index contributed by atoms with van der Waals surface area (Å²) >= 11 is 1.53. The van der Waals surface area contributed by atoms with E-state index in [2.05, 4.69) is 9.71 Å². The predicted octanol–water partition coefficient (Wildman–Crippen LogP) is 2.23. The van der Waals surface area contributed by atoms with E-state index < -0.39 is 10.0 Å². The lowest BCUT2D eigenvalue weighted by atomic mass is 10.2. The highest BCUT2D eigenvalue weighted by Gasteiger charge is 2.16. The Morgan fingerprint density at radius 2 is 2.06 bits per heavy atom. The number of hydrogen-bond acceptors (Lipinski definition) is 4. The number of nitrogens with one attached hydrogen (secondary N) is 1. The molecule has 4 nitrogen and oxygen atoms in total. The van der Waals surface area contributed by atoms with Crippen molar-refractivity contribution in [3.8, 4) is 0 Å². The minimum absolute atomic E-state index is 0.0727. The van der Waals surface area contributed by atoms with Crippen LogP contribution in [0.5, 0.6) is 0 Å². The lowest BCUT2D eigenvalue weighted by Gasteiger charge is -2.10. The van der Waals surface area contributed by atoms with Crippen molar-refractivity contribution in [2.75, 3.05) is 6.54 Å². The van der Waals surface area contributed by atoms with Gasteiger partial charge < -0.3 is 0 Å². The second-order valence-corrected chi connectivity index (χ2v) is 6.63. The Balaban J connectivity index is 2.02. The molecule has 1 heterocycles. The van der Waals surface area contributed by atoms with Gasteiger partial charge in [0, 0.05) is 24.0 Å². The highest BCUT2D eigenvalue weighted by molar-refractivity contribution is 7.89. The number of sulfonamides is 1. The molecule has 1 aromatic carbocycles. The maximum Gasteiger partial charge on any atom is 0.240 e. The van der Waals surface area contributed by atoms with Gasteiger partial charge in [-0.25, -0.2) is 18.1 Å². The third-order valence-corrected chi connectivity index (χ3v) is 4.95. The van der Waals surface area contributed by atoms with Crippen LogP contribution in [0.2, 0.25) is 0 Å². The Morgan fingerprint density at radius 3 is 2.67 bits per heavy atom. The molecular formula is C12H14N2O2S2. The second-order valence-electron chi connectivity index (χ2n) is 3.94. The van der Waals surface area contributed by atoms with Crippen molar-refractivity contribution < 1.29 is 8.42 Å². The van der Waals surface area contributed by atoms with E-state index in [1.54, 1.807) is 36.5 Å². The molecule has 0 saturated heterocycles. The van der Waals surface area contributed by atoms with Gasteiger partial charge in [0.25, 0.3) is 0 Å². The van der Waals surface area contributed by atoms with Crippen LogP contribution in [0.15, 0.2) is 46.8 Å². The van der Waals surface area contributed by atoms with Gasteiger partial charge in [0.2, 0.25) is 10.0 Å². The molecule has 0 radical (unpaired) electrons. The molecular weight excluding hydrogens is 268 g/mol. The van der Waals surface area contributed by atoms with E-state index in [0.717, 1.165) is 5.01 Å². The maximum absolute atomic E-state index is 12.0. The van der Waals surface area contributed by atoms with Crippen LogP contribution in [0.25, 0.3) is 0 Å². The van der Waals surface area contributed by atoms with E-state index in [-0.39, 0.29) is 10.8 Å². The second kappa shape index (κ2) is 5.60. The summed E-state index contributed by atoms with van der Waals surface area (Å²) in [5.41, 5.74) is 0. The summed E-state index contributed by atoms with van der Waals surface area (Å²) in [6.45, 7) is 2.30. The summed E-state index contributed by atoms with van der Waals surface area (Å²) in [5.74, 6) is 0.0727. The Kier molecular flexibility index (Phi) is 4.11. The first-order valence-electron chi connectivity index (χ1n) is 5.54. The van der Waals surface area contributed by atoms with Crippen LogP contribution < -0.4 is 4.72 Å². The summed E-state index contributed by atoms with van der Waals surface area (Å²) in [4.78, 5) is 4.46. The standard InChI is InChI=1S/C12H14N2O2S2/c1-10(12-13-7-8-17-12)9-14-18(15,16)11-5-3-2-4-6-11/h2-8,10,14H,9H2,1H3. The van der Waals surface area contributed by atoms with E-state index in [0.29, 0.717) is 6.54 Å². The van der Waals surface area contributed by atoms with Crippen molar-refractivity contribution in [3.63, 3.8) is 0 Å². The fourth-order valence-electron chi connectivity index (χ4n) is 1.48. The maximum atomic E-state index is 12.0. The highest BCUT2D eigenvalue weighted by Crippen LogP contribution is 2.17. The third kappa shape index (κ3) is 3.16. The topological polar surface area (TPSA) is 59.1 Å². The first-order valence-corrected chi connectivity index (χ1v) is 7.90. The lowest BCUT2D eigenvalue weighted by Crippen LogP contribution is -2.27. The van der Waals surface area contributed by atoms with E-state index >= 15 is 0 Å². The summed E-state index contributed by atoms with van der Waals surface area (Å²) < 4.78 is 26.6. The van der Waals surface area contributed by atoms with Gasteiger partial charge in [-0.2, -0.15) is 0 Å². The van der Waals surface area contributed by atoms with Crippen molar-refractivity contribution in [1.29, 1.82) is 0 Å². The molecule has 1 aromatic heterocycles. The minimum Gasteiger partial charge on any atom is -0.249 e. The smallest absolute Gasteiger partial charge is 0.240 e. The molecule has 1 N–H and O–H groups in total. The normalized spacial score (nSPS) is 13.4. The van der Waals surface area contributed by atoms with Gasteiger partial charge in [-0.3, -0.25) is 0 Å². The SMILES string of the molecule is CC(CNS(=O)(=O)c1ccccc1)c1nccs1.